The third-order valence-electron chi connectivity index (χ3n) is 3.43. The highest BCUT2D eigenvalue weighted by Gasteiger charge is 2.16. The molecule has 3 heteroatoms. The van der Waals surface area contributed by atoms with Crippen LogP contribution in [0.15, 0.2) is 23.1 Å². The summed E-state index contributed by atoms with van der Waals surface area (Å²) >= 11 is 1.94. The fraction of sp³-hybridized carbons (Fsp3) is 0.600. The standard InChI is InChI=1S/C15H22FNS/c1-2-17-11-12-10-13(16)8-9-15(12)18-14-6-4-3-5-7-14/h8-10,14,17H,2-7,11H2,1H3. The number of hydrogen-bond acceptors (Lipinski definition) is 2. The molecule has 0 aromatic heterocycles. The van der Waals surface area contributed by atoms with Gasteiger partial charge in [0.25, 0.3) is 0 Å². The Labute approximate surface area is 114 Å². The molecule has 1 aromatic rings. The molecule has 0 bridgehead atoms. The quantitative estimate of drug-likeness (QED) is 0.850. The first kappa shape index (κ1) is 13.9. The average molecular weight is 267 g/mol. The van der Waals surface area contributed by atoms with Crippen LogP contribution < -0.4 is 5.32 Å². The third kappa shape index (κ3) is 3.99. The van der Waals surface area contributed by atoms with Crippen molar-refractivity contribution in [2.45, 2.75) is 55.7 Å². The summed E-state index contributed by atoms with van der Waals surface area (Å²) in [4.78, 5) is 1.25. The van der Waals surface area contributed by atoms with Crippen molar-refractivity contribution < 1.29 is 4.39 Å². The summed E-state index contributed by atoms with van der Waals surface area (Å²) in [6, 6.07) is 5.20. The Bertz CT molecular complexity index is 375. The van der Waals surface area contributed by atoms with Gasteiger partial charge in [0.1, 0.15) is 5.82 Å². The van der Waals surface area contributed by atoms with Crippen LogP contribution in [0.5, 0.6) is 0 Å². The van der Waals surface area contributed by atoms with Crippen LogP contribution >= 0.6 is 11.8 Å². The Kier molecular flexibility index (Phi) is 5.51. The van der Waals surface area contributed by atoms with Crippen molar-refractivity contribution >= 4 is 11.8 Å². The molecule has 1 aliphatic rings. The van der Waals surface area contributed by atoms with Gasteiger partial charge in [-0.2, -0.15) is 0 Å². The van der Waals surface area contributed by atoms with Gasteiger partial charge in [-0.3, -0.25) is 0 Å². The molecule has 0 amide bonds. The van der Waals surface area contributed by atoms with Crippen LogP contribution in [0.2, 0.25) is 0 Å². The molecule has 0 aliphatic heterocycles. The topological polar surface area (TPSA) is 12.0 Å². The van der Waals surface area contributed by atoms with Crippen LogP contribution in [-0.2, 0) is 6.54 Å². The van der Waals surface area contributed by atoms with Crippen molar-refractivity contribution in [1.82, 2.24) is 5.32 Å². The molecule has 1 fully saturated rings. The molecular weight excluding hydrogens is 245 g/mol. The van der Waals surface area contributed by atoms with E-state index in [0.717, 1.165) is 23.9 Å². The molecule has 0 unspecified atom stereocenters. The van der Waals surface area contributed by atoms with E-state index in [1.54, 1.807) is 12.1 Å². The number of rotatable bonds is 5. The number of nitrogens with one attached hydrogen (secondary N) is 1. The van der Waals surface area contributed by atoms with Crippen LogP contribution in [0.25, 0.3) is 0 Å². The van der Waals surface area contributed by atoms with Gasteiger partial charge >= 0.3 is 0 Å². The summed E-state index contributed by atoms with van der Waals surface area (Å²) in [6.45, 7) is 3.76. The smallest absolute Gasteiger partial charge is 0.123 e. The van der Waals surface area contributed by atoms with E-state index in [1.165, 1.54) is 37.0 Å². The zero-order chi connectivity index (χ0) is 12.8. The van der Waals surface area contributed by atoms with E-state index in [9.17, 15) is 4.39 Å². The van der Waals surface area contributed by atoms with Gasteiger partial charge in [0.2, 0.25) is 0 Å². The lowest BCUT2D eigenvalue weighted by atomic mass is 10.0. The van der Waals surface area contributed by atoms with Crippen molar-refractivity contribution in [3.05, 3.63) is 29.6 Å². The van der Waals surface area contributed by atoms with Gasteiger partial charge in [-0.1, -0.05) is 26.2 Å². The van der Waals surface area contributed by atoms with Crippen molar-refractivity contribution in [3.8, 4) is 0 Å². The van der Waals surface area contributed by atoms with Crippen LogP contribution in [0.4, 0.5) is 4.39 Å². The number of benzene rings is 1. The highest BCUT2D eigenvalue weighted by molar-refractivity contribution is 8.00. The Hall–Kier alpha value is -0.540. The van der Waals surface area contributed by atoms with Gasteiger partial charge in [0.15, 0.2) is 0 Å². The third-order valence-corrected chi connectivity index (χ3v) is 4.89. The molecule has 100 valence electrons. The van der Waals surface area contributed by atoms with Gasteiger partial charge < -0.3 is 5.32 Å². The van der Waals surface area contributed by atoms with Gasteiger partial charge in [0.05, 0.1) is 0 Å². The Morgan fingerprint density at radius 2 is 2.06 bits per heavy atom. The molecule has 0 atom stereocenters. The first-order valence-electron chi connectivity index (χ1n) is 6.95. The van der Waals surface area contributed by atoms with Crippen LogP contribution in [0.3, 0.4) is 0 Å². The maximum Gasteiger partial charge on any atom is 0.123 e. The first-order chi connectivity index (χ1) is 8.79. The zero-order valence-electron chi connectivity index (χ0n) is 11.0. The van der Waals surface area contributed by atoms with E-state index in [1.807, 2.05) is 17.8 Å². The average Bonchev–Trinajstić information content (AvgIpc) is 2.40. The molecular formula is C15H22FNS. The molecule has 1 nitrogen and oxygen atoms in total. The van der Waals surface area contributed by atoms with E-state index in [4.69, 9.17) is 0 Å². The van der Waals surface area contributed by atoms with E-state index in [-0.39, 0.29) is 5.82 Å². The molecule has 1 aromatic carbocycles. The molecule has 0 radical (unpaired) electrons. The number of hydrogen-bond donors (Lipinski definition) is 1. The molecule has 1 N–H and O–H groups in total. The molecule has 1 saturated carbocycles. The minimum absolute atomic E-state index is 0.129. The monoisotopic (exact) mass is 267 g/mol. The Balaban J connectivity index is 2.04. The summed E-state index contributed by atoms with van der Waals surface area (Å²) in [5, 5.41) is 4.02. The van der Waals surface area contributed by atoms with Crippen molar-refractivity contribution in [2.75, 3.05) is 6.54 Å². The fourth-order valence-corrected chi connectivity index (χ4v) is 3.78. The second-order valence-corrected chi connectivity index (χ2v) is 6.25. The molecule has 0 heterocycles. The number of thioether (sulfide) groups is 1. The second-order valence-electron chi connectivity index (χ2n) is 4.91. The molecule has 0 spiro atoms. The zero-order valence-corrected chi connectivity index (χ0v) is 11.9. The van der Waals surface area contributed by atoms with Crippen molar-refractivity contribution in [3.63, 3.8) is 0 Å². The Morgan fingerprint density at radius 3 is 2.78 bits per heavy atom. The fourth-order valence-electron chi connectivity index (χ4n) is 2.42. The highest BCUT2D eigenvalue weighted by Crippen LogP contribution is 2.35. The van der Waals surface area contributed by atoms with E-state index in [2.05, 4.69) is 12.2 Å². The van der Waals surface area contributed by atoms with Crippen molar-refractivity contribution in [2.24, 2.45) is 0 Å². The van der Waals surface area contributed by atoms with Crippen LogP contribution in [0, 0.1) is 5.82 Å². The van der Waals surface area contributed by atoms with Gasteiger partial charge in [-0.15, -0.1) is 11.8 Å². The van der Waals surface area contributed by atoms with Gasteiger partial charge in [-0.05, 0) is 43.1 Å². The second kappa shape index (κ2) is 7.15. The Morgan fingerprint density at radius 1 is 1.28 bits per heavy atom. The maximum atomic E-state index is 13.3. The number of halogens is 1. The lowest BCUT2D eigenvalue weighted by molar-refractivity contribution is 0.516. The highest BCUT2D eigenvalue weighted by atomic mass is 32.2. The van der Waals surface area contributed by atoms with Gasteiger partial charge in [0, 0.05) is 16.7 Å². The predicted molar refractivity (Wildman–Crippen MR) is 76.5 cm³/mol. The van der Waals surface area contributed by atoms with E-state index in [0.29, 0.717) is 0 Å². The lowest BCUT2D eigenvalue weighted by Gasteiger charge is -2.22. The van der Waals surface area contributed by atoms with Crippen LogP contribution in [0.1, 0.15) is 44.6 Å². The summed E-state index contributed by atoms with van der Waals surface area (Å²) in [5.41, 5.74) is 1.10. The first-order valence-corrected chi connectivity index (χ1v) is 7.83. The molecule has 1 aliphatic carbocycles. The van der Waals surface area contributed by atoms with Crippen molar-refractivity contribution in [1.29, 1.82) is 0 Å². The normalized spacial score (nSPS) is 17.0. The minimum Gasteiger partial charge on any atom is -0.313 e. The van der Waals surface area contributed by atoms with E-state index < -0.39 is 0 Å². The molecule has 2 rings (SSSR count). The summed E-state index contributed by atoms with van der Waals surface area (Å²) in [6.07, 6.45) is 6.69. The largest absolute Gasteiger partial charge is 0.313 e. The maximum absolute atomic E-state index is 13.3. The van der Waals surface area contributed by atoms with E-state index >= 15 is 0 Å². The molecule has 0 saturated heterocycles. The summed E-state index contributed by atoms with van der Waals surface area (Å²) in [7, 11) is 0. The van der Waals surface area contributed by atoms with Crippen LogP contribution in [-0.4, -0.2) is 11.8 Å². The predicted octanol–water partition coefficient (Wildman–Crippen LogP) is 4.36. The minimum atomic E-state index is -0.129. The SMILES string of the molecule is CCNCc1cc(F)ccc1SC1CCCCC1. The summed E-state index contributed by atoms with van der Waals surface area (Å²) in [5.74, 6) is -0.129. The molecule has 18 heavy (non-hydrogen) atoms. The van der Waals surface area contributed by atoms with Gasteiger partial charge in [-0.25, -0.2) is 4.39 Å². The lowest BCUT2D eigenvalue weighted by Crippen LogP contribution is -2.14. The summed E-state index contributed by atoms with van der Waals surface area (Å²) < 4.78 is 13.3.